The second-order valence-corrected chi connectivity index (χ2v) is 5.32. The molecule has 15 heavy (non-hydrogen) atoms. The molecule has 2 rings (SSSR count). The van der Waals surface area contributed by atoms with Crippen molar-refractivity contribution >= 4 is 15.9 Å². The van der Waals surface area contributed by atoms with Gasteiger partial charge < -0.3 is 5.73 Å². The number of aromatic nitrogens is 1. The lowest BCUT2D eigenvalue weighted by molar-refractivity contribution is 0.293. The van der Waals surface area contributed by atoms with E-state index in [1.54, 1.807) is 0 Å². The molecule has 1 aromatic heterocycles. The molecule has 0 spiro atoms. The topological polar surface area (TPSA) is 38.9 Å². The number of pyridine rings is 1. The van der Waals surface area contributed by atoms with Gasteiger partial charge in [0.1, 0.15) is 0 Å². The molecule has 1 fully saturated rings. The van der Waals surface area contributed by atoms with Crippen molar-refractivity contribution in [3.63, 3.8) is 0 Å². The first-order valence-electron chi connectivity index (χ1n) is 5.59. The SMILES string of the molecule is NCC1(c2ccc(Br)cn2)CCCCC1. The number of hydrogen-bond acceptors (Lipinski definition) is 2. The van der Waals surface area contributed by atoms with E-state index in [-0.39, 0.29) is 5.41 Å². The molecule has 0 saturated heterocycles. The third-order valence-electron chi connectivity index (χ3n) is 3.47. The van der Waals surface area contributed by atoms with Gasteiger partial charge in [-0.2, -0.15) is 0 Å². The van der Waals surface area contributed by atoms with E-state index >= 15 is 0 Å². The first-order valence-corrected chi connectivity index (χ1v) is 6.38. The van der Waals surface area contributed by atoms with Crippen molar-refractivity contribution in [2.75, 3.05) is 6.54 Å². The first kappa shape index (κ1) is 11.1. The van der Waals surface area contributed by atoms with Gasteiger partial charge in [0.05, 0.1) is 0 Å². The van der Waals surface area contributed by atoms with Crippen molar-refractivity contribution in [1.29, 1.82) is 0 Å². The van der Waals surface area contributed by atoms with Crippen molar-refractivity contribution in [2.24, 2.45) is 5.73 Å². The van der Waals surface area contributed by atoms with Crippen molar-refractivity contribution in [3.05, 3.63) is 28.5 Å². The summed E-state index contributed by atoms with van der Waals surface area (Å²) in [5.41, 5.74) is 7.28. The van der Waals surface area contributed by atoms with E-state index in [4.69, 9.17) is 5.73 Å². The largest absolute Gasteiger partial charge is 0.330 e. The average molecular weight is 269 g/mol. The lowest BCUT2D eigenvalue weighted by atomic mass is 9.71. The van der Waals surface area contributed by atoms with Gasteiger partial charge in [-0.25, -0.2) is 0 Å². The van der Waals surface area contributed by atoms with E-state index in [2.05, 4.69) is 33.0 Å². The number of hydrogen-bond donors (Lipinski definition) is 1. The van der Waals surface area contributed by atoms with Crippen molar-refractivity contribution in [2.45, 2.75) is 37.5 Å². The minimum Gasteiger partial charge on any atom is -0.330 e. The molecule has 2 N–H and O–H groups in total. The van der Waals surface area contributed by atoms with Crippen LogP contribution in [-0.4, -0.2) is 11.5 Å². The number of rotatable bonds is 2. The minimum absolute atomic E-state index is 0.152. The van der Waals surface area contributed by atoms with Crippen LogP contribution in [-0.2, 0) is 5.41 Å². The van der Waals surface area contributed by atoms with Gasteiger partial charge in [0, 0.05) is 28.3 Å². The van der Waals surface area contributed by atoms with Crippen LogP contribution in [0.25, 0.3) is 0 Å². The van der Waals surface area contributed by atoms with Crippen LogP contribution in [0.5, 0.6) is 0 Å². The van der Waals surface area contributed by atoms with E-state index < -0.39 is 0 Å². The smallest absolute Gasteiger partial charge is 0.0478 e. The Morgan fingerprint density at radius 1 is 1.27 bits per heavy atom. The molecule has 1 heterocycles. The number of halogens is 1. The minimum atomic E-state index is 0.152. The van der Waals surface area contributed by atoms with E-state index in [0.29, 0.717) is 0 Å². The van der Waals surface area contributed by atoms with Gasteiger partial charge in [0.25, 0.3) is 0 Å². The molecule has 0 unspecified atom stereocenters. The Hall–Kier alpha value is -0.410. The summed E-state index contributed by atoms with van der Waals surface area (Å²) in [5.74, 6) is 0. The average Bonchev–Trinajstić information content (AvgIpc) is 2.31. The quantitative estimate of drug-likeness (QED) is 0.896. The van der Waals surface area contributed by atoms with Crippen molar-refractivity contribution in [3.8, 4) is 0 Å². The maximum Gasteiger partial charge on any atom is 0.0478 e. The van der Waals surface area contributed by atoms with Crippen LogP contribution in [0.4, 0.5) is 0 Å². The van der Waals surface area contributed by atoms with Gasteiger partial charge in [-0.1, -0.05) is 19.3 Å². The van der Waals surface area contributed by atoms with Crippen molar-refractivity contribution in [1.82, 2.24) is 4.98 Å². The van der Waals surface area contributed by atoms with Gasteiger partial charge in [0.15, 0.2) is 0 Å². The number of nitrogens with two attached hydrogens (primary N) is 1. The molecule has 2 nitrogen and oxygen atoms in total. The summed E-state index contributed by atoms with van der Waals surface area (Å²) in [4.78, 5) is 4.52. The highest BCUT2D eigenvalue weighted by atomic mass is 79.9. The molecule has 0 atom stereocenters. The Bertz CT molecular complexity index is 315. The van der Waals surface area contributed by atoms with Gasteiger partial charge in [-0.15, -0.1) is 0 Å². The molecule has 0 aromatic carbocycles. The molecule has 1 aliphatic rings. The highest BCUT2D eigenvalue weighted by Gasteiger charge is 2.33. The Morgan fingerprint density at radius 2 is 2.00 bits per heavy atom. The van der Waals surface area contributed by atoms with E-state index in [1.807, 2.05) is 6.20 Å². The zero-order valence-electron chi connectivity index (χ0n) is 8.88. The summed E-state index contributed by atoms with van der Waals surface area (Å²) < 4.78 is 1.04. The van der Waals surface area contributed by atoms with E-state index in [1.165, 1.54) is 37.8 Å². The predicted molar refractivity (Wildman–Crippen MR) is 65.8 cm³/mol. The summed E-state index contributed by atoms with van der Waals surface area (Å²) in [6.07, 6.45) is 8.18. The summed E-state index contributed by atoms with van der Waals surface area (Å²) >= 11 is 3.42. The molecule has 0 amide bonds. The van der Waals surface area contributed by atoms with Crippen molar-refractivity contribution < 1.29 is 0 Å². The highest BCUT2D eigenvalue weighted by molar-refractivity contribution is 9.10. The van der Waals surface area contributed by atoms with Crippen LogP contribution in [0.2, 0.25) is 0 Å². The maximum absolute atomic E-state index is 5.96. The van der Waals surface area contributed by atoms with Crippen LogP contribution >= 0.6 is 15.9 Å². The summed E-state index contributed by atoms with van der Waals surface area (Å²) in [6, 6.07) is 4.18. The molecule has 1 aromatic rings. The van der Waals surface area contributed by atoms with Gasteiger partial charge in [-0.05, 0) is 40.9 Å². The molecule has 0 radical (unpaired) electrons. The molecule has 1 saturated carbocycles. The summed E-state index contributed by atoms with van der Waals surface area (Å²) in [6.45, 7) is 0.724. The van der Waals surface area contributed by atoms with Crippen LogP contribution in [0.1, 0.15) is 37.8 Å². The van der Waals surface area contributed by atoms with Gasteiger partial charge in [-0.3, -0.25) is 4.98 Å². The molecule has 82 valence electrons. The zero-order chi connectivity index (χ0) is 10.7. The maximum atomic E-state index is 5.96. The van der Waals surface area contributed by atoms with E-state index in [9.17, 15) is 0 Å². The van der Waals surface area contributed by atoms with Crippen LogP contribution in [0, 0.1) is 0 Å². The Kier molecular flexibility index (Phi) is 3.42. The fourth-order valence-electron chi connectivity index (χ4n) is 2.48. The number of nitrogens with zero attached hydrogens (tertiary/aromatic N) is 1. The lowest BCUT2D eigenvalue weighted by Crippen LogP contribution is -2.37. The van der Waals surface area contributed by atoms with Crippen LogP contribution in [0.15, 0.2) is 22.8 Å². The summed E-state index contributed by atoms with van der Waals surface area (Å²) in [5, 5.41) is 0. The molecule has 1 aliphatic carbocycles. The standard InChI is InChI=1S/C12H17BrN2/c13-10-4-5-11(15-8-10)12(9-14)6-2-1-3-7-12/h4-5,8H,1-3,6-7,9,14H2. The van der Waals surface area contributed by atoms with Gasteiger partial charge in [0.2, 0.25) is 0 Å². The fourth-order valence-corrected chi connectivity index (χ4v) is 2.72. The predicted octanol–water partition coefficient (Wildman–Crippen LogP) is 3.00. The molecule has 0 aliphatic heterocycles. The van der Waals surface area contributed by atoms with Crippen LogP contribution < -0.4 is 5.73 Å². The third kappa shape index (κ3) is 2.23. The molecule has 3 heteroatoms. The Morgan fingerprint density at radius 3 is 2.53 bits per heavy atom. The lowest BCUT2D eigenvalue weighted by Gasteiger charge is -2.35. The molecule has 0 bridgehead atoms. The monoisotopic (exact) mass is 268 g/mol. The zero-order valence-corrected chi connectivity index (χ0v) is 10.5. The molecular formula is C12H17BrN2. The van der Waals surface area contributed by atoms with E-state index in [0.717, 1.165) is 11.0 Å². The third-order valence-corrected chi connectivity index (χ3v) is 3.94. The summed E-state index contributed by atoms with van der Waals surface area (Å²) in [7, 11) is 0. The van der Waals surface area contributed by atoms with Gasteiger partial charge >= 0.3 is 0 Å². The van der Waals surface area contributed by atoms with Crippen LogP contribution in [0.3, 0.4) is 0 Å². The first-order chi connectivity index (χ1) is 7.27. The second-order valence-electron chi connectivity index (χ2n) is 4.41. The normalized spacial score (nSPS) is 20.1. The Balaban J connectivity index is 2.28. The highest BCUT2D eigenvalue weighted by Crippen LogP contribution is 2.37. The fraction of sp³-hybridized carbons (Fsp3) is 0.583. The molecular weight excluding hydrogens is 252 g/mol. The Labute approximate surface area is 99.4 Å². The second kappa shape index (κ2) is 4.62.